The fourth-order valence-corrected chi connectivity index (χ4v) is 1.88. The summed E-state index contributed by atoms with van der Waals surface area (Å²) >= 11 is 0. The van der Waals surface area contributed by atoms with E-state index in [1.54, 1.807) is 6.20 Å². The van der Waals surface area contributed by atoms with Gasteiger partial charge in [0.2, 0.25) is 0 Å². The molecule has 2 atom stereocenters. The largest absolute Gasteiger partial charge is 0.311 e. The molecule has 0 aromatic carbocycles. The molecule has 1 N–H and O–H groups in total. The van der Waals surface area contributed by atoms with Gasteiger partial charge in [0, 0.05) is 31.2 Å². The van der Waals surface area contributed by atoms with Gasteiger partial charge < -0.3 is 5.32 Å². The highest BCUT2D eigenvalue weighted by Crippen LogP contribution is 2.08. The molecule has 92 valence electrons. The number of hydrogen-bond donors (Lipinski definition) is 1. The van der Waals surface area contributed by atoms with Crippen LogP contribution in [0.25, 0.3) is 0 Å². The molecule has 0 saturated heterocycles. The third-order valence-corrected chi connectivity index (χ3v) is 3.55. The zero-order valence-corrected chi connectivity index (χ0v) is 10.7. The first kappa shape index (κ1) is 13.2. The molecule has 1 heterocycles. The molecule has 0 aliphatic heterocycles. The first-order chi connectivity index (χ1) is 7.40. The highest BCUT2D eigenvalue weighted by atomic mass is 32.2. The summed E-state index contributed by atoms with van der Waals surface area (Å²) in [5.41, 5.74) is 0. The van der Waals surface area contributed by atoms with Crippen LogP contribution in [-0.4, -0.2) is 42.8 Å². The molecule has 0 bridgehead atoms. The lowest BCUT2D eigenvalue weighted by molar-refractivity contribution is 0.372. The van der Waals surface area contributed by atoms with E-state index in [0.717, 1.165) is 0 Å². The lowest BCUT2D eigenvalue weighted by Crippen LogP contribution is -2.36. The summed E-state index contributed by atoms with van der Waals surface area (Å²) in [4.78, 5) is 0. The van der Waals surface area contributed by atoms with Gasteiger partial charge in [-0.2, -0.15) is 5.10 Å². The molecule has 0 aliphatic carbocycles. The van der Waals surface area contributed by atoms with E-state index in [4.69, 9.17) is 0 Å². The summed E-state index contributed by atoms with van der Waals surface area (Å²) in [6, 6.07) is 2.26. The van der Waals surface area contributed by atoms with Gasteiger partial charge in [0.15, 0.2) is 0 Å². The van der Waals surface area contributed by atoms with E-state index in [1.807, 2.05) is 30.8 Å². The lowest BCUT2D eigenvalue weighted by atomic mass is 10.2. The highest BCUT2D eigenvalue weighted by Gasteiger charge is 2.13. The molecule has 0 fully saturated rings. The average molecular weight is 245 g/mol. The fraction of sp³-hybridized carbons (Fsp3) is 0.700. The third-order valence-electron chi connectivity index (χ3n) is 2.60. The van der Waals surface area contributed by atoms with Crippen molar-refractivity contribution < 1.29 is 8.42 Å². The molecule has 1 aromatic heterocycles. The van der Waals surface area contributed by atoms with Crippen LogP contribution in [-0.2, 0) is 9.84 Å². The predicted octanol–water partition coefficient (Wildman–Crippen LogP) is 0.467. The average Bonchev–Trinajstić information content (AvgIpc) is 2.67. The van der Waals surface area contributed by atoms with Gasteiger partial charge in [0.25, 0.3) is 0 Å². The minimum atomic E-state index is -2.88. The molecule has 0 saturated carbocycles. The van der Waals surface area contributed by atoms with Crippen LogP contribution in [0.1, 0.15) is 19.9 Å². The molecular formula is C10H19N3O2S. The minimum absolute atomic E-state index is 0.170. The van der Waals surface area contributed by atoms with Gasteiger partial charge in [-0.15, -0.1) is 0 Å². The molecule has 1 rings (SSSR count). The lowest BCUT2D eigenvalue weighted by Gasteiger charge is -2.21. The summed E-state index contributed by atoms with van der Waals surface area (Å²) < 4.78 is 23.8. The Labute approximate surface area is 96.8 Å². The van der Waals surface area contributed by atoms with Gasteiger partial charge in [0.05, 0.1) is 11.8 Å². The molecule has 0 amide bonds. The quantitative estimate of drug-likeness (QED) is 0.791. The maximum Gasteiger partial charge on any atom is 0.148 e. The summed E-state index contributed by atoms with van der Waals surface area (Å²) in [7, 11) is -2.88. The van der Waals surface area contributed by atoms with E-state index in [2.05, 4.69) is 10.4 Å². The van der Waals surface area contributed by atoms with Crippen molar-refractivity contribution in [1.29, 1.82) is 0 Å². The first-order valence-electron chi connectivity index (χ1n) is 5.30. The van der Waals surface area contributed by atoms with Crippen molar-refractivity contribution in [3.8, 4) is 0 Å². The Kier molecular flexibility index (Phi) is 4.49. The van der Waals surface area contributed by atoms with Crippen molar-refractivity contribution in [3.63, 3.8) is 0 Å². The number of rotatable bonds is 6. The van der Waals surface area contributed by atoms with E-state index >= 15 is 0 Å². The fourth-order valence-electron chi connectivity index (χ4n) is 1.39. The SMILES string of the molecule is C[C@H](NCCS(C)(=O)=O)[C@H](C)n1cccn1. The van der Waals surface area contributed by atoms with Crippen LogP contribution in [0.4, 0.5) is 0 Å². The van der Waals surface area contributed by atoms with Gasteiger partial charge in [0.1, 0.15) is 9.84 Å². The van der Waals surface area contributed by atoms with Crippen molar-refractivity contribution in [2.24, 2.45) is 0 Å². The Morgan fingerprint density at radius 2 is 2.12 bits per heavy atom. The molecule has 6 heteroatoms. The Balaban J connectivity index is 2.38. The van der Waals surface area contributed by atoms with Crippen molar-refractivity contribution in [2.75, 3.05) is 18.6 Å². The number of nitrogens with one attached hydrogen (secondary N) is 1. The second kappa shape index (κ2) is 5.45. The molecule has 16 heavy (non-hydrogen) atoms. The Morgan fingerprint density at radius 3 is 2.62 bits per heavy atom. The van der Waals surface area contributed by atoms with Gasteiger partial charge in [-0.1, -0.05) is 0 Å². The maximum atomic E-state index is 11.0. The topological polar surface area (TPSA) is 64.0 Å². The van der Waals surface area contributed by atoms with Gasteiger partial charge in [-0.05, 0) is 19.9 Å². The molecular weight excluding hydrogens is 226 g/mol. The monoisotopic (exact) mass is 245 g/mol. The number of sulfone groups is 1. The molecule has 0 spiro atoms. The summed E-state index contributed by atoms with van der Waals surface area (Å²) in [5.74, 6) is 0.170. The number of aromatic nitrogens is 2. The van der Waals surface area contributed by atoms with E-state index in [9.17, 15) is 8.42 Å². The van der Waals surface area contributed by atoms with Crippen molar-refractivity contribution in [3.05, 3.63) is 18.5 Å². The normalized spacial score (nSPS) is 15.9. The minimum Gasteiger partial charge on any atom is -0.311 e. The molecule has 1 aromatic rings. The molecule has 0 radical (unpaired) electrons. The molecule has 0 aliphatic rings. The van der Waals surface area contributed by atoms with E-state index in [-0.39, 0.29) is 17.8 Å². The highest BCUT2D eigenvalue weighted by molar-refractivity contribution is 7.90. The second-order valence-electron chi connectivity index (χ2n) is 4.10. The molecule has 0 unspecified atom stereocenters. The zero-order chi connectivity index (χ0) is 12.2. The van der Waals surface area contributed by atoms with Crippen LogP contribution in [0.3, 0.4) is 0 Å². The Hall–Kier alpha value is -0.880. The van der Waals surface area contributed by atoms with Crippen LogP contribution in [0.2, 0.25) is 0 Å². The smallest absolute Gasteiger partial charge is 0.148 e. The predicted molar refractivity (Wildman–Crippen MR) is 64.1 cm³/mol. The van der Waals surface area contributed by atoms with Crippen LogP contribution in [0.15, 0.2) is 18.5 Å². The van der Waals surface area contributed by atoms with Gasteiger partial charge in [-0.25, -0.2) is 8.42 Å². The van der Waals surface area contributed by atoms with E-state index in [0.29, 0.717) is 6.54 Å². The Morgan fingerprint density at radius 1 is 1.44 bits per heavy atom. The van der Waals surface area contributed by atoms with Crippen molar-refractivity contribution in [1.82, 2.24) is 15.1 Å². The van der Waals surface area contributed by atoms with Crippen LogP contribution in [0, 0.1) is 0 Å². The summed E-state index contributed by atoms with van der Waals surface area (Å²) in [6.07, 6.45) is 4.88. The third kappa shape index (κ3) is 4.32. The van der Waals surface area contributed by atoms with Gasteiger partial charge >= 0.3 is 0 Å². The standard InChI is InChI=1S/C10H19N3O2S/c1-9(11-6-8-16(3,14)15)10(2)13-7-4-5-12-13/h4-5,7,9-11H,6,8H2,1-3H3/t9-,10-/m0/s1. The second-order valence-corrected chi connectivity index (χ2v) is 6.36. The van der Waals surface area contributed by atoms with E-state index < -0.39 is 9.84 Å². The van der Waals surface area contributed by atoms with Crippen LogP contribution < -0.4 is 5.32 Å². The first-order valence-corrected chi connectivity index (χ1v) is 7.36. The van der Waals surface area contributed by atoms with Crippen molar-refractivity contribution >= 4 is 9.84 Å². The summed E-state index contributed by atoms with van der Waals surface area (Å²) in [6.45, 7) is 4.55. The number of nitrogens with zero attached hydrogens (tertiary/aromatic N) is 2. The summed E-state index contributed by atoms with van der Waals surface area (Å²) in [5, 5.41) is 7.34. The molecule has 5 nitrogen and oxygen atoms in total. The van der Waals surface area contributed by atoms with Crippen molar-refractivity contribution in [2.45, 2.75) is 25.9 Å². The zero-order valence-electron chi connectivity index (χ0n) is 9.92. The Bertz CT molecular complexity index is 400. The maximum absolute atomic E-state index is 11.0. The van der Waals surface area contributed by atoms with Gasteiger partial charge in [-0.3, -0.25) is 4.68 Å². The number of hydrogen-bond acceptors (Lipinski definition) is 4. The van der Waals surface area contributed by atoms with Crippen LogP contribution >= 0.6 is 0 Å². The van der Waals surface area contributed by atoms with E-state index in [1.165, 1.54) is 6.26 Å². The van der Waals surface area contributed by atoms with Crippen LogP contribution in [0.5, 0.6) is 0 Å².